The number of methoxy groups -OCH3 is 1. The van der Waals surface area contributed by atoms with Gasteiger partial charge in [0.15, 0.2) is 17.2 Å². The summed E-state index contributed by atoms with van der Waals surface area (Å²) in [6, 6.07) is 7.86. The minimum atomic E-state index is -0.622. The SMILES string of the molecule is C=CCOc1c(Br)cc(/C=C2\N=C(c3ccc([N+](=O)[O-])c(C)c3)OC2=O)cc1OC. The Bertz CT molecular complexity index is 1110. The first-order valence-electron chi connectivity index (χ1n) is 8.73. The van der Waals surface area contributed by atoms with Crippen molar-refractivity contribution in [1.82, 2.24) is 0 Å². The van der Waals surface area contributed by atoms with E-state index >= 15 is 0 Å². The van der Waals surface area contributed by atoms with Crippen LogP contribution in [0.15, 0.2) is 58.1 Å². The van der Waals surface area contributed by atoms with Gasteiger partial charge in [-0.15, -0.1) is 0 Å². The molecular weight excluding hydrogens is 456 g/mol. The molecule has 1 aliphatic heterocycles. The van der Waals surface area contributed by atoms with Gasteiger partial charge in [-0.1, -0.05) is 12.7 Å². The highest BCUT2D eigenvalue weighted by atomic mass is 79.9. The van der Waals surface area contributed by atoms with E-state index in [9.17, 15) is 14.9 Å². The number of ether oxygens (including phenoxy) is 3. The van der Waals surface area contributed by atoms with Crippen LogP contribution in [0.5, 0.6) is 11.5 Å². The molecule has 1 heterocycles. The van der Waals surface area contributed by atoms with Crippen molar-refractivity contribution in [3.8, 4) is 11.5 Å². The number of aryl methyl sites for hydroxylation is 1. The number of nitro benzene ring substituents is 1. The monoisotopic (exact) mass is 472 g/mol. The fourth-order valence-electron chi connectivity index (χ4n) is 2.79. The highest BCUT2D eigenvalue weighted by Crippen LogP contribution is 2.37. The van der Waals surface area contributed by atoms with Gasteiger partial charge >= 0.3 is 5.97 Å². The number of carbonyl (C=O) groups excluding carboxylic acids is 1. The fraction of sp³-hybridized carbons (Fsp3) is 0.143. The van der Waals surface area contributed by atoms with Gasteiger partial charge < -0.3 is 14.2 Å². The number of halogens is 1. The van der Waals surface area contributed by atoms with E-state index in [0.29, 0.717) is 39.3 Å². The normalized spacial score (nSPS) is 14.3. The van der Waals surface area contributed by atoms with Crippen LogP contribution >= 0.6 is 15.9 Å². The van der Waals surface area contributed by atoms with Gasteiger partial charge in [0.2, 0.25) is 5.90 Å². The van der Waals surface area contributed by atoms with E-state index in [4.69, 9.17) is 14.2 Å². The van der Waals surface area contributed by atoms with Gasteiger partial charge in [-0.2, -0.15) is 0 Å². The van der Waals surface area contributed by atoms with Crippen LogP contribution in [0.25, 0.3) is 6.08 Å². The number of rotatable bonds is 7. The molecule has 0 N–H and O–H groups in total. The molecule has 0 fully saturated rings. The van der Waals surface area contributed by atoms with Gasteiger partial charge in [0.1, 0.15) is 6.61 Å². The summed E-state index contributed by atoms with van der Waals surface area (Å²) in [5.41, 5.74) is 1.63. The fourth-order valence-corrected chi connectivity index (χ4v) is 3.36. The van der Waals surface area contributed by atoms with Crippen molar-refractivity contribution in [2.24, 2.45) is 4.99 Å². The molecule has 0 bridgehead atoms. The first-order valence-corrected chi connectivity index (χ1v) is 9.52. The lowest BCUT2D eigenvalue weighted by Crippen LogP contribution is -2.06. The minimum absolute atomic E-state index is 0.0184. The molecule has 8 nitrogen and oxygen atoms in total. The second-order valence-corrected chi connectivity index (χ2v) is 7.08. The van der Waals surface area contributed by atoms with Crippen LogP contribution in [0, 0.1) is 17.0 Å². The molecule has 0 aromatic heterocycles. The number of hydrogen-bond acceptors (Lipinski definition) is 7. The number of carbonyl (C=O) groups is 1. The van der Waals surface area contributed by atoms with Crippen LogP contribution in [0.3, 0.4) is 0 Å². The molecule has 0 unspecified atom stereocenters. The molecule has 0 amide bonds. The molecule has 154 valence electrons. The smallest absolute Gasteiger partial charge is 0.363 e. The highest BCUT2D eigenvalue weighted by Gasteiger charge is 2.25. The van der Waals surface area contributed by atoms with E-state index in [1.54, 1.807) is 37.3 Å². The lowest BCUT2D eigenvalue weighted by molar-refractivity contribution is -0.385. The van der Waals surface area contributed by atoms with Crippen LogP contribution in [0.2, 0.25) is 0 Å². The Morgan fingerprint density at radius 3 is 2.73 bits per heavy atom. The largest absolute Gasteiger partial charge is 0.493 e. The van der Waals surface area contributed by atoms with Gasteiger partial charge in [-0.05, 0) is 58.8 Å². The summed E-state index contributed by atoms with van der Waals surface area (Å²) < 4.78 is 16.8. The zero-order chi connectivity index (χ0) is 21.8. The van der Waals surface area contributed by atoms with Gasteiger partial charge in [0.25, 0.3) is 5.69 Å². The zero-order valence-electron chi connectivity index (χ0n) is 16.2. The van der Waals surface area contributed by atoms with Crippen molar-refractivity contribution in [3.63, 3.8) is 0 Å². The molecule has 0 atom stereocenters. The lowest BCUT2D eigenvalue weighted by atomic mass is 10.1. The third-order valence-electron chi connectivity index (χ3n) is 4.16. The number of nitro groups is 1. The van der Waals surface area contributed by atoms with Crippen LogP contribution in [0.4, 0.5) is 5.69 Å². The van der Waals surface area contributed by atoms with Gasteiger partial charge in [0, 0.05) is 17.2 Å². The molecule has 30 heavy (non-hydrogen) atoms. The van der Waals surface area contributed by atoms with Crippen molar-refractivity contribution in [2.75, 3.05) is 13.7 Å². The third-order valence-corrected chi connectivity index (χ3v) is 4.75. The van der Waals surface area contributed by atoms with Crippen molar-refractivity contribution < 1.29 is 23.9 Å². The number of benzene rings is 2. The van der Waals surface area contributed by atoms with Crippen molar-refractivity contribution in [1.29, 1.82) is 0 Å². The predicted octanol–water partition coefficient (Wildman–Crippen LogP) is 4.58. The van der Waals surface area contributed by atoms with Gasteiger partial charge in [0.05, 0.1) is 16.5 Å². The number of cyclic esters (lactones) is 1. The Hall–Kier alpha value is -3.46. The van der Waals surface area contributed by atoms with Crippen molar-refractivity contribution in [2.45, 2.75) is 6.92 Å². The maximum Gasteiger partial charge on any atom is 0.363 e. The summed E-state index contributed by atoms with van der Waals surface area (Å²) in [5.74, 6) is 0.447. The summed E-state index contributed by atoms with van der Waals surface area (Å²) in [4.78, 5) is 27.0. The van der Waals surface area contributed by atoms with E-state index in [0.717, 1.165) is 0 Å². The summed E-state index contributed by atoms with van der Waals surface area (Å²) in [6.45, 7) is 5.53. The summed E-state index contributed by atoms with van der Waals surface area (Å²) in [7, 11) is 1.51. The number of hydrogen-bond donors (Lipinski definition) is 0. The van der Waals surface area contributed by atoms with Crippen LogP contribution in [-0.2, 0) is 9.53 Å². The number of nitrogens with zero attached hydrogens (tertiary/aromatic N) is 2. The Kier molecular flexibility index (Phi) is 6.31. The number of esters is 1. The van der Waals surface area contributed by atoms with Crippen molar-refractivity contribution in [3.05, 3.63) is 80.0 Å². The molecule has 0 radical (unpaired) electrons. The topological polar surface area (TPSA) is 100 Å². The first kappa shape index (κ1) is 21.3. The van der Waals surface area contributed by atoms with E-state index in [1.807, 2.05) is 0 Å². The average molecular weight is 473 g/mol. The first-order chi connectivity index (χ1) is 14.3. The molecule has 3 rings (SSSR count). The second kappa shape index (κ2) is 8.91. The van der Waals surface area contributed by atoms with Gasteiger partial charge in [-0.3, -0.25) is 10.1 Å². The molecule has 2 aromatic carbocycles. The standard InChI is InChI=1S/C21H17BrN2O6/c1-4-7-29-19-15(22)9-13(11-18(19)28-3)10-16-21(25)30-20(23-16)14-5-6-17(24(26)27)12(2)8-14/h4-6,8-11H,1,7H2,2-3H3/b16-10-. The Labute approximate surface area is 180 Å². The zero-order valence-corrected chi connectivity index (χ0v) is 17.8. The summed E-state index contributed by atoms with van der Waals surface area (Å²) >= 11 is 3.43. The van der Waals surface area contributed by atoms with E-state index in [1.165, 1.54) is 19.2 Å². The van der Waals surface area contributed by atoms with E-state index in [-0.39, 0.29) is 17.3 Å². The molecule has 1 aliphatic rings. The highest BCUT2D eigenvalue weighted by molar-refractivity contribution is 9.10. The average Bonchev–Trinajstić information content (AvgIpc) is 3.06. The lowest BCUT2D eigenvalue weighted by Gasteiger charge is -2.12. The maximum absolute atomic E-state index is 12.3. The second-order valence-electron chi connectivity index (χ2n) is 6.23. The third kappa shape index (κ3) is 4.41. The van der Waals surface area contributed by atoms with Gasteiger partial charge in [-0.25, -0.2) is 9.79 Å². The quantitative estimate of drug-likeness (QED) is 0.192. The van der Waals surface area contributed by atoms with Crippen LogP contribution < -0.4 is 9.47 Å². The summed E-state index contributed by atoms with van der Waals surface area (Å²) in [5, 5.41) is 11.0. The van der Waals surface area contributed by atoms with Crippen LogP contribution in [0.1, 0.15) is 16.7 Å². The Morgan fingerprint density at radius 1 is 1.33 bits per heavy atom. The molecule has 0 saturated heterocycles. The van der Waals surface area contributed by atoms with E-state index < -0.39 is 10.9 Å². The molecule has 0 aliphatic carbocycles. The summed E-state index contributed by atoms with van der Waals surface area (Å²) in [6.07, 6.45) is 3.17. The molecule has 0 saturated carbocycles. The van der Waals surface area contributed by atoms with Crippen molar-refractivity contribution >= 4 is 39.6 Å². The number of aliphatic imine (C=N–C) groups is 1. The molecule has 2 aromatic rings. The maximum atomic E-state index is 12.3. The Morgan fingerprint density at radius 2 is 2.10 bits per heavy atom. The molecule has 9 heteroatoms. The van der Waals surface area contributed by atoms with E-state index in [2.05, 4.69) is 27.5 Å². The Balaban J connectivity index is 1.94. The predicted molar refractivity (Wildman–Crippen MR) is 115 cm³/mol. The minimum Gasteiger partial charge on any atom is -0.493 e. The molecule has 0 spiro atoms. The molecular formula is C21H17BrN2O6. The van der Waals surface area contributed by atoms with Crippen LogP contribution in [-0.4, -0.2) is 30.5 Å².